The van der Waals surface area contributed by atoms with E-state index in [-0.39, 0.29) is 17.8 Å². The van der Waals surface area contributed by atoms with Gasteiger partial charge in [0.15, 0.2) is 0 Å². The molecule has 0 aliphatic carbocycles. The number of carbonyl (C=O) groups is 1. The van der Waals surface area contributed by atoms with E-state index in [0.717, 1.165) is 38.8 Å². The fraction of sp³-hybridized carbons (Fsp3) is 0.409. The molecule has 0 bridgehead atoms. The number of carbonyl (C=O) groups excluding carboxylic acids is 1. The summed E-state index contributed by atoms with van der Waals surface area (Å²) in [5.74, 6) is 0.527. The fourth-order valence-corrected chi connectivity index (χ4v) is 3.31. The molecular formula is C22H27FN2O2. The van der Waals surface area contributed by atoms with Crippen LogP contribution in [0, 0.1) is 5.82 Å². The molecule has 1 heterocycles. The Labute approximate surface area is 160 Å². The normalized spacial score (nSPS) is 15.4. The van der Waals surface area contributed by atoms with Crippen molar-refractivity contribution in [1.29, 1.82) is 0 Å². The third-order valence-corrected chi connectivity index (χ3v) is 4.83. The summed E-state index contributed by atoms with van der Waals surface area (Å²) in [4.78, 5) is 14.3. The summed E-state index contributed by atoms with van der Waals surface area (Å²) in [6, 6.07) is 16.4. The maximum Gasteiger partial charge on any atom is 0.234 e. The lowest BCUT2D eigenvalue weighted by Gasteiger charge is -2.31. The lowest BCUT2D eigenvalue weighted by atomic mass is 10.1. The van der Waals surface area contributed by atoms with Crippen molar-refractivity contribution in [3.05, 3.63) is 66.0 Å². The highest BCUT2D eigenvalue weighted by Crippen LogP contribution is 2.19. The molecule has 1 saturated heterocycles. The van der Waals surface area contributed by atoms with E-state index in [2.05, 4.69) is 22.3 Å². The van der Waals surface area contributed by atoms with Crippen molar-refractivity contribution in [1.82, 2.24) is 10.2 Å². The Kier molecular flexibility index (Phi) is 7.22. The number of aryl methyl sites for hydroxylation is 1. The van der Waals surface area contributed by atoms with Gasteiger partial charge in [-0.15, -0.1) is 0 Å². The van der Waals surface area contributed by atoms with Crippen molar-refractivity contribution < 1.29 is 13.9 Å². The number of likely N-dealkylation sites (tertiary alicyclic amines) is 1. The molecule has 4 nitrogen and oxygen atoms in total. The fourth-order valence-electron chi connectivity index (χ4n) is 3.31. The van der Waals surface area contributed by atoms with Crippen LogP contribution in [0.5, 0.6) is 5.75 Å². The van der Waals surface area contributed by atoms with Crippen molar-refractivity contribution in [3.8, 4) is 5.75 Å². The molecule has 3 rings (SSSR count). The minimum Gasteiger partial charge on any atom is -0.490 e. The molecule has 1 amide bonds. The van der Waals surface area contributed by atoms with Gasteiger partial charge in [-0.2, -0.15) is 0 Å². The van der Waals surface area contributed by atoms with Crippen molar-refractivity contribution in [2.75, 3.05) is 26.2 Å². The van der Waals surface area contributed by atoms with Crippen LogP contribution in [0.3, 0.4) is 0 Å². The minimum atomic E-state index is -0.257. The standard InChI is InChI=1S/C22H27FN2O2/c23-19-8-10-20(11-9-19)27-21-12-15-25(16-13-21)17-22(26)24-14-4-7-18-5-2-1-3-6-18/h1-3,5-6,8-11,21H,4,7,12-17H2,(H,24,26). The van der Waals surface area contributed by atoms with Crippen molar-refractivity contribution in [2.24, 2.45) is 0 Å². The second-order valence-electron chi connectivity index (χ2n) is 6.99. The molecule has 1 fully saturated rings. The van der Waals surface area contributed by atoms with Crippen LogP contribution in [0.4, 0.5) is 4.39 Å². The Morgan fingerprint density at radius 2 is 1.78 bits per heavy atom. The summed E-state index contributed by atoms with van der Waals surface area (Å²) < 4.78 is 18.8. The number of ether oxygens (including phenoxy) is 1. The average molecular weight is 370 g/mol. The molecule has 27 heavy (non-hydrogen) atoms. The lowest BCUT2D eigenvalue weighted by molar-refractivity contribution is -0.122. The van der Waals surface area contributed by atoms with Gasteiger partial charge in [-0.05, 0) is 55.5 Å². The maximum absolute atomic E-state index is 12.9. The van der Waals surface area contributed by atoms with Crippen molar-refractivity contribution >= 4 is 5.91 Å². The van der Waals surface area contributed by atoms with Crippen molar-refractivity contribution in [3.63, 3.8) is 0 Å². The van der Waals surface area contributed by atoms with Crippen LogP contribution in [-0.2, 0) is 11.2 Å². The van der Waals surface area contributed by atoms with Gasteiger partial charge in [0.25, 0.3) is 0 Å². The quantitative estimate of drug-likeness (QED) is 0.724. The highest BCUT2D eigenvalue weighted by molar-refractivity contribution is 5.77. The van der Waals surface area contributed by atoms with Gasteiger partial charge in [-0.1, -0.05) is 30.3 Å². The van der Waals surface area contributed by atoms with E-state index in [0.29, 0.717) is 18.8 Å². The zero-order valence-corrected chi connectivity index (χ0v) is 15.6. The summed E-state index contributed by atoms with van der Waals surface area (Å²) in [7, 11) is 0. The van der Waals surface area contributed by atoms with Crippen LogP contribution in [0.2, 0.25) is 0 Å². The first kappa shape index (κ1) is 19.4. The SMILES string of the molecule is O=C(CN1CCC(Oc2ccc(F)cc2)CC1)NCCCc1ccccc1. The topological polar surface area (TPSA) is 41.6 Å². The zero-order chi connectivity index (χ0) is 18.9. The molecule has 2 aromatic carbocycles. The first-order valence-electron chi connectivity index (χ1n) is 9.64. The summed E-state index contributed by atoms with van der Waals surface area (Å²) >= 11 is 0. The highest BCUT2D eigenvalue weighted by atomic mass is 19.1. The number of benzene rings is 2. The molecule has 1 aliphatic rings. The van der Waals surface area contributed by atoms with Crippen LogP contribution in [0.15, 0.2) is 54.6 Å². The second-order valence-corrected chi connectivity index (χ2v) is 6.99. The Morgan fingerprint density at radius 1 is 1.07 bits per heavy atom. The molecule has 0 radical (unpaired) electrons. The second kappa shape index (κ2) is 10.1. The lowest BCUT2D eigenvalue weighted by Crippen LogP contribution is -2.43. The average Bonchev–Trinajstić information content (AvgIpc) is 2.69. The molecule has 0 aromatic heterocycles. The van der Waals surface area contributed by atoms with E-state index in [1.54, 1.807) is 12.1 Å². The number of hydrogen-bond acceptors (Lipinski definition) is 3. The van der Waals surface area contributed by atoms with Gasteiger partial charge < -0.3 is 10.1 Å². The van der Waals surface area contributed by atoms with Crippen LogP contribution in [0.1, 0.15) is 24.8 Å². The van der Waals surface area contributed by atoms with E-state index < -0.39 is 0 Å². The zero-order valence-electron chi connectivity index (χ0n) is 15.6. The summed E-state index contributed by atoms with van der Waals surface area (Å²) in [5.41, 5.74) is 1.30. The Bertz CT molecular complexity index is 698. The largest absolute Gasteiger partial charge is 0.490 e. The molecule has 5 heteroatoms. The number of nitrogens with one attached hydrogen (secondary N) is 1. The third-order valence-electron chi connectivity index (χ3n) is 4.83. The highest BCUT2D eigenvalue weighted by Gasteiger charge is 2.22. The first-order chi connectivity index (χ1) is 13.2. The van der Waals surface area contributed by atoms with Gasteiger partial charge in [0.05, 0.1) is 6.54 Å². The molecule has 0 spiro atoms. The molecule has 1 aliphatic heterocycles. The van der Waals surface area contributed by atoms with Crippen LogP contribution in [-0.4, -0.2) is 43.1 Å². The van der Waals surface area contributed by atoms with Gasteiger partial charge in [0.1, 0.15) is 17.7 Å². The molecule has 2 aromatic rings. The van der Waals surface area contributed by atoms with Gasteiger partial charge in [-0.25, -0.2) is 4.39 Å². The van der Waals surface area contributed by atoms with Crippen LogP contribution >= 0.6 is 0 Å². The van der Waals surface area contributed by atoms with Crippen molar-refractivity contribution in [2.45, 2.75) is 31.8 Å². The van der Waals surface area contributed by atoms with E-state index in [1.165, 1.54) is 17.7 Å². The predicted octanol–water partition coefficient (Wildman–Crippen LogP) is 3.42. The van der Waals surface area contributed by atoms with Gasteiger partial charge in [0, 0.05) is 19.6 Å². The third kappa shape index (κ3) is 6.68. The molecule has 144 valence electrons. The first-order valence-corrected chi connectivity index (χ1v) is 9.64. The summed E-state index contributed by atoms with van der Waals surface area (Å²) in [6.45, 7) is 2.82. The number of hydrogen-bond donors (Lipinski definition) is 1. The molecular weight excluding hydrogens is 343 g/mol. The monoisotopic (exact) mass is 370 g/mol. The van der Waals surface area contributed by atoms with E-state index in [1.807, 2.05) is 18.2 Å². The van der Waals surface area contributed by atoms with E-state index >= 15 is 0 Å². The summed E-state index contributed by atoms with van der Waals surface area (Å²) in [5, 5.41) is 3.01. The van der Waals surface area contributed by atoms with Gasteiger partial charge >= 0.3 is 0 Å². The van der Waals surface area contributed by atoms with Crippen LogP contribution < -0.4 is 10.1 Å². The molecule has 0 unspecified atom stereocenters. The predicted molar refractivity (Wildman–Crippen MR) is 104 cm³/mol. The summed E-state index contributed by atoms with van der Waals surface area (Å²) in [6.07, 6.45) is 3.80. The van der Waals surface area contributed by atoms with Crippen LogP contribution in [0.25, 0.3) is 0 Å². The number of amides is 1. The molecule has 0 saturated carbocycles. The maximum atomic E-state index is 12.9. The Hall–Kier alpha value is -2.40. The Morgan fingerprint density at radius 3 is 2.48 bits per heavy atom. The number of nitrogens with zero attached hydrogens (tertiary/aromatic N) is 1. The Balaban J connectivity index is 1.29. The van der Waals surface area contributed by atoms with Gasteiger partial charge in [-0.3, -0.25) is 9.69 Å². The number of halogens is 1. The van der Waals surface area contributed by atoms with Gasteiger partial charge in [0.2, 0.25) is 5.91 Å². The van der Waals surface area contributed by atoms with E-state index in [4.69, 9.17) is 4.74 Å². The molecule has 0 atom stereocenters. The number of rotatable bonds is 8. The smallest absolute Gasteiger partial charge is 0.234 e. The minimum absolute atomic E-state index is 0.0842. The number of piperidine rings is 1. The van der Waals surface area contributed by atoms with E-state index in [9.17, 15) is 9.18 Å². The molecule has 1 N–H and O–H groups in total.